The van der Waals surface area contributed by atoms with Gasteiger partial charge in [0.05, 0.1) is 10.7 Å². The van der Waals surface area contributed by atoms with E-state index in [9.17, 15) is 4.79 Å². The van der Waals surface area contributed by atoms with Crippen molar-refractivity contribution in [3.8, 4) is 0 Å². The minimum Gasteiger partial charge on any atom is -0.378 e. The Labute approximate surface area is 140 Å². The molecular weight excluding hydrogens is 304 g/mol. The number of thioether (sulfide) groups is 1. The van der Waals surface area contributed by atoms with Crippen molar-refractivity contribution in [3.63, 3.8) is 0 Å². The van der Waals surface area contributed by atoms with Crippen molar-refractivity contribution >= 4 is 28.9 Å². The molecule has 3 nitrogen and oxygen atoms in total. The van der Waals surface area contributed by atoms with E-state index in [0.717, 1.165) is 33.8 Å². The van der Waals surface area contributed by atoms with Crippen molar-refractivity contribution < 1.29 is 4.79 Å². The number of carbonyl (C=O) groups is 1. The van der Waals surface area contributed by atoms with E-state index in [2.05, 4.69) is 28.0 Å². The molecule has 0 bridgehead atoms. The number of rotatable bonds is 1. The number of nitrogens with zero attached hydrogens (tertiary/aromatic N) is 2. The van der Waals surface area contributed by atoms with Crippen LogP contribution in [-0.2, 0) is 6.42 Å². The van der Waals surface area contributed by atoms with Crippen LogP contribution in [0, 0.1) is 0 Å². The van der Waals surface area contributed by atoms with Crippen LogP contribution in [0.5, 0.6) is 0 Å². The Morgan fingerprint density at radius 1 is 1.13 bits per heavy atom. The molecular formula is C19H18N2OS. The zero-order valence-electron chi connectivity index (χ0n) is 13.5. The van der Waals surface area contributed by atoms with Crippen LogP contribution in [0.1, 0.15) is 15.9 Å². The van der Waals surface area contributed by atoms with Crippen molar-refractivity contribution in [2.24, 2.45) is 0 Å². The van der Waals surface area contributed by atoms with E-state index in [1.165, 1.54) is 10.6 Å². The summed E-state index contributed by atoms with van der Waals surface area (Å²) < 4.78 is 0. The lowest BCUT2D eigenvalue weighted by Crippen LogP contribution is -2.14. The van der Waals surface area contributed by atoms with Crippen LogP contribution in [-0.4, -0.2) is 26.9 Å². The average molecular weight is 322 g/mol. The SMILES string of the molecule is CN(C)c1ccc2c(c1)CC(=C1Sc3ccccc3N1C)C2=O. The Morgan fingerprint density at radius 3 is 2.65 bits per heavy atom. The van der Waals surface area contributed by atoms with Gasteiger partial charge in [-0.25, -0.2) is 0 Å². The molecule has 23 heavy (non-hydrogen) atoms. The lowest BCUT2D eigenvalue weighted by atomic mass is 10.1. The normalized spacial score (nSPS) is 19.1. The van der Waals surface area contributed by atoms with Crippen LogP contribution in [0.4, 0.5) is 11.4 Å². The highest BCUT2D eigenvalue weighted by Crippen LogP contribution is 2.48. The number of hydrogen-bond donors (Lipinski definition) is 0. The van der Waals surface area contributed by atoms with Crippen LogP contribution in [0.25, 0.3) is 0 Å². The fraction of sp³-hybridized carbons (Fsp3) is 0.211. The topological polar surface area (TPSA) is 23.6 Å². The third-order valence-electron chi connectivity index (χ3n) is 4.49. The van der Waals surface area contributed by atoms with E-state index in [0.29, 0.717) is 0 Å². The number of ketones is 1. The molecule has 1 aliphatic heterocycles. The molecule has 0 spiro atoms. The first-order valence-corrected chi connectivity index (χ1v) is 8.46. The molecule has 0 aromatic heterocycles. The lowest BCUT2D eigenvalue weighted by Gasteiger charge is -2.15. The van der Waals surface area contributed by atoms with Gasteiger partial charge in [-0.2, -0.15) is 0 Å². The summed E-state index contributed by atoms with van der Waals surface area (Å²) in [5, 5.41) is 1.07. The molecule has 0 saturated heterocycles. The number of fused-ring (bicyclic) bond motifs is 2. The fourth-order valence-corrected chi connectivity index (χ4v) is 4.39. The van der Waals surface area contributed by atoms with E-state index in [4.69, 9.17) is 0 Å². The summed E-state index contributed by atoms with van der Waals surface area (Å²) in [6.45, 7) is 0. The van der Waals surface area contributed by atoms with Gasteiger partial charge in [0.15, 0.2) is 5.78 Å². The van der Waals surface area contributed by atoms with E-state index >= 15 is 0 Å². The van der Waals surface area contributed by atoms with Crippen molar-refractivity contribution in [2.45, 2.75) is 11.3 Å². The van der Waals surface area contributed by atoms with Crippen LogP contribution in [0.3, 0.4) is 0 Å². The van der Waals surface area contributed by atoms with Crippen molar-refractivity contribution in [3.05, 3.63) is 64.2 Å². The molecule has 0 saturated carbocycles. The lowest BCUT2D eigenvalue weighted by molar-refractivity contribution is 0.103. The maximum absolute atomic E-state index is 12.9. The molecule has 0 atom stereocenters. The summed E-state index contributed by atoms with van der Waals surface area (Å²) in [5.41, 5.74) is 5.22. The van der Waals surface area contributed by atoms with Crippen LogP contribution in [0.15, 0.2) is 58.0 Å². The molecule has 0 radical (unpaired) electrons. The van der Waals surface area contributed by atoms with Crippen molar-refractivity contribution in [1.29, 1.82) is 0 Å². The summed E-state index contributed by atoms with van der Waals surface area (Å²) in [7, 11) is 6.09. The molecule has 0 fully saturated rings. The van der Waals surface area contributed by atoms with Crippen molar-refractivity contribution in [1.82, 2.24) is 0 Å². The summed E-state index contributed by atoms with van der Waals surface area (Å²) in [4.78, 5) is 18.3. The Bertz CT molecular complexity index is 854. The highest BCUT2D eigenvalue weighted by atomic mass is 32.2. The maximum atomic E-state index is 12.9. The Balaban J connectivity index is 1.77. The predicted molar refractivity (Wildman–Crippen MR) is 96.5 cm³/mol. The summed E-state index contributed by atoms with van der Waals surface area (Å²) in [6, 6.07) is 14.4. The molecule has 116 valence electrons. The Hall–Kier alpha value is -2.20. The number of anilines is 2. The molecule has 1 aliphatic carbocycles. The zero-order chi connectivity index (χ0) is 16.1. The quantitative estimate of drug-likeness (QED) is 0.742. The molecule has 2 aromatic rings. The van der Waals surface area contributed by atoms with E-state index < -0.39 is 0 Å². The van der Waals surface area contributed by atoms with Gasteiger partial charge in [0.2, 0.25) is 0 Å². The van der Waals surface area contributed by atoms with Crippen LogP contribution < -0.4 is 9.80 Å². The second-order valence-corrected chi connectivity index (χ2v) is 7.18. The van der Waals surface area contributed by atoms with Gasteiger partial charge < -0.3 is 9.80 Å². The zero-order valence-corrected chi connectivity index (χ0v) is 14.3. The number of para-hydroxylation sites is 1. The minimum atomic E-state index is 0.174. The molecule has 1 heterocycles. The molecule has 4 rings (SSSR count). The smallest absolute Gasteiger partial charge is 0.192 e. The first-order chi connectivity index (χ1) is 11.1. The van der Waals surface area contributed by atoms with Crippen LogP contribution in [0.2, 0.25) is 0 Å². The minimum absolute atomic E-state index is 0.174. The largest absolute Gasteiger partial charge is 0.378 e. The number of hydrogen-bond acceptors (Lipinski definition) is 4. The number of Topliss-reactive ketones (excluding diaryl/α,β-unsaturated/α-hetero) is 1. The molecule has 2 aromatic carbocycles. The first-order valence-electron chi connectivity index (χ1n) is 7.65. The third-order valence-corrected chi connectivity index (χ3v) is 5.77. The molecule has 0 unspecified atom stereocenters. The highest BCUT2D eigenvalue weighted by molar-refractivity contribution is 8.03. The van der Waals surface area contributed by atoms with Crippen molar-refractivity contribution in [2.75, 3.05) is 30.9 Å². The average Bonchev–Trinajstić information content (AvgIpc) is 3.05. The second-order valence-electron chi connectivity index (χ2n) is 6.15. The van der Waals surface area contributed by atoms with Gasteiger partial charge in [0.25, 0.3) is 0 Å². The van der Waals surface area contributed by atoms with E-state index in [-0.39, 0.29) is 5.78 Å². The third kappa shape index (κ3) is 2.17. The molecule has 2 aliphatic rings. The van der Waals surface area contributed by atoms with E-state index in [1.54, 1.807) is 11.8 Å². The molecule has 0 N–H and O–H groups in total. The fourth-order valence-electron chi connectivity index (χ4n) is 3.20. The monoisotopic (exact) mass is 322 g/mol. The van der Waals surface area contributed by atoms with Gasteiger partial charge in [-0.3, -0.25) is 4.79 Å². The van der Waals surface area contributed by atoms with Gasteiger partial charge in [0.1, 0.15) is 0 Å². The number of allylic oxidation sites excluding steroid dienone is 1. The van der Waals surface area contributed by atoms with E-state index in [1.807, 2.05) is 45.4 Å². The summed E-state index contributed by atoms with van der Waals surface area (Å²) >= 11 is 1.70. The summed E-state index contributed by atoms with van der Waals surface area (Å²) in [6.07, 6.45) is 0.719. The Morgan fingerprint density at radius 2 is 1.91 bits per heavy atom. The number of benzene rings is 2. The second kappa shape index (κ2) is 5.17. The van der Waals surface area contributed by atoms with Gasteiger partial charge in [-0.1, -0.05) is 23.9 Å². The number of carbonyl (C=O) groups excluding carboxylic acids is 1. The van der Waals surface area contributed by atoms with Crippen LogP contribution >= 0.6 is 11.8 Å². The highest BCUT2D eigenvalue weighted by Gasteiger charge is 2.33. The van der Waals surface area contributed by atoms with Gasteiger partial charge >= 0.3 is 0 Å². The first kappa shape index (κ1) is 14.4. The molecule has 0 amide bonds. The van der Waals surface area contributed by atoms with Gasteiger partial charge in [-0.05, 0) is 35.9 Å². The molecule has 4 heteroatoms. The van der Waals surface area contributed by atoms with Gasteiger partial charge in [-0.15, -0.1) is 0 Å². The predicted octanol–water partition coefficient (Wildman–Crippen LogP) is 3.95. The standard InChI is InChI=1S/C19H18N2OS/c1-20(2)13-8-9-14-12(10-13)11-15(18(14)22)19-21(3)16-6-4-5-7-17(16)23-19/h4-10H,11H2,1-3H3. The maximum Gasteiger partial charge on any atom is 0.192 e. The van der Waals surface area contributed by atoms with Gasteiger partial charge in [0, 0.05) is 49.3 Å². The Kier molecular flexibility index (Phi) is 3.23. The summed E-state index contributed by atoms with van der Waals surface area (Å²) in [5.74, 6) is 0.174.